The first-order valence-electron chi connectivity index (χ1n) is 8.03. The van der Waals surface area contributed by atoms with Crippen LogP contribution >= 0.6 is 23.4 Å². The number of carbonyl (C=O) groups excluding carboxylic acids is 1. The second kappa shape index (κ2) is 7.55. The predicted octanol–water partition coefficient (Wildman–Crippen LogP) is 4.19. The monoisotopic (exact) mass is 390 g/mol. The molecule has 1 amide bonds. The van der Waals surface area contributed by atoms with Gasteiger partial charge in [-0.15, -0.1) is 10.2 Å². The minimum Gasteiger partial charge on any atom is -0.461 e. The number of thioether (sulfide) groups is 1. The van der Waals surface area contributed by atoms with Gasteiger partial charge in [-0.3, -0.25) is 9.36 Å². The van der Waals surface area contributed by atoms with Gasteiger partial charge in [0.1, 0.15) is 0 Å². The molecule has 6 nitrogen and oxygen atoms in total. The summed E-state index contributed by atoms with van der Waals surface area (Å²) in [6.07, 6.45) is 1.57. The normalized spacial score (nSPS) is 11.5. The molecule has 1 N–H and O–H groups in total. The number of furan rings is 1. The first-order chi connectivity index (χ1) is 12.3. The lowest BCUT2D eigenvalue weighted by Gasteiger charge is -2.20. The van der Waals surface area contributed by atoms with Gasteiger partial charge in [-0.2, -0.15) is 0 Å². The summed E-state index contributed by atoms with van der Waals surface area (Å²) in [6.45, 7) is 5.82. The molecule has 0 atom stereocenters. The zero-order chi connectivity index (χ0) is 18.7. The van der Waals surface area contributed by atoms with Crippen LogP contribution in [-0.2, 0) is 4.79 Å². The highest BCUT2D eigenvalue weighted by molar-refractivity contribution is 7.99. The van der Waals surface area contributed by atoms with Gasteiger partial charge >= 0.3 is 0 Å². The molecule has 0 saturated carbocycles. The molecular weight excluding hydrogens is 372 g/mol. The maximum absolute atomic E-state index is 12.1. The first-order valence-corrected chi connectivity index (χ1v) is 9.39. The lowest BCUT2D eigenvalue weighted by atomic mass is 10.1. The Morgan fingerprint density at radius 1 is 1.23 bits per heavy atom. The van der Waals surface area contributed by atoms with Crippen molar-refractivity contribution in [2.24, 2.45) is 0 Å². The number of nitrogens with one attached hydrogen (secondary N) is 1. The topological polar surface area (TPSA) is 73.0 Å². The van der Waals surface area contributed by atoms with E-state index in [0.717, 1.165) is 5.69 Å². The molecule has 0 radical (unpaired) electrons. The van der Waals surface area contributed by atoms with E-state index in [0.29, 0.717) is 21.8 Å². The van der Waals surface area contributed by atoms with Crippen LogP contribution < -0.4 is 5.32 Å². The van der Waals surface area contributed by atoms with E-state index in [1.807, 2.05) is 39.0 Å². The number of halogens is 1. The van der Waals surface area contributed by atoms with Crippen molar-refractivity contribution < 1.29 is 9.21 Å². The second-order valence-electron chi connectivity index (χ2n) is 6.66. The average Bonchev–Trinajstić information content (AvgIpc) is 3.21. The number of carbonyl (C=O) groups is 1. The van der Waals surface area contributed by atoms with Crippen LogP contribution in [0.2, 0.25) is 5.02 Å². The van der Waals surface area contributed by atoms with Gasteiger partial charge in [0.15, 0.2) is 10.9 Å². The van der Waals surface area contributed by atoms with Crippen LogP contribution in [0.3, 0.4) is 0 Å². The van der Waals surface area contributed by atoms with Crippen molar-refractivity contribution in [3.05, 3.63) is 47.7 Å². The van der Waals surface area contributed by atoms with Crippen molar-refractivity contribution in [3.8, 4) is 17.3 Å². The Labute approximate surface area is 160 Å². The SMILES string of the molecule is CC(C)(C)NC(=O)CSc1nnc(-c2ccco2)n1-c1ccccc1Cl. The number of para-hydroxylation sites is 1. The van der Waals surface area contributed by atoms with E-state index in [1.165, 1.54) is 11.8 Å². The summed E-state index contributed by atoms with van der Waals surface area (Å²) in [7, 11) is 0. The molecule has 0 bridgehead atoms. The van der Waals surface area contributed by atoms with Crippen molar-refractivity contribution in [2.75, 3.05) is 5.75 Å². The molecule has 0 aliphatic rings. The van der Waals surface area contributed by atoms with Crippen molar-refractivity contribution in [1.29, 1.82) is 0 Å². The van der Waals surface area contributed by atoms with Crippen molar-refractivity contribution in [2.45, 2.75) is 31.5 Å². The molecule has 26 heavy (non-hydrogen) atoms. The number of aromatic nitrogens is 3. The van der Waals surface area contributed by atoms with Crippen LogP contribution in [0, 0.1) is 0 Å². The van der Waals surface area contributed by atoms with E-state index in [2.05, 4.69) is 15.5 Å². The Morgan fingerprint density at radius 2 is 2.00 bits per heavy atom. The standard InChI is InChI=1S/C18H19ClN4O2S/c1-18(2,3)20-15(24)11-26-17-22-21-16(14-9-6-10-25-14)23(17)13-8-5-4-7-12(13)19/h4-10H,11H2,1-3H3,(H,20,24). The summed E-state index contributed by atoms with van der Waals surface area (Å²) >= 11 is 7.67. The third kappa shape index (κ3) is 4.28. The lowest BCUT2D eigenvalue weighted by Crippen LogP contribution is -2.41. The number of hydrogen-bond acceptors (Lipinski definition) is 5. The van der Waals surface area contributed by atoms with Gasteiger partial charge < -0.3 is 9.73 Å². The Bertz CT molecular complexity index is 900. The van der Waals surface area contributed by atoms with Crippen molar-refractivity contribution in [3.63, 3.8) is 0 Å². The minimum absolute atomic E-state index is 0.0734. The number of rotatable bonds is 5. The molecule has 1 aromatic carbocycles. The van der Waals surface area contributed by atoms with Gasteiger partial charge in [0.2, 0.25) is 11.7 Å². The summed E-state index contributed by atoms with van der Waals surface area (Å²) < 4.78 is 7.27. The largest absolute Gasteiger partial charge is 0.461 e. The fraction of sp³-hybridized carbons (Fsp3) is 0.278. The molecule has 0 spiro atoms. The molecule has 0 unspecified atom stereocenters. The van der Waals surface area contributed by atoms with Crippen LogP contribution in [0.5, 0.6) is 0 Å². The average molecular weight is 391 g/mol. The van der Waals surface area contributed by atoms with Gasteiger partial charge in [0.25, 0.3) is 0 Å². The quantitative estimate of drug-likeness (QED) is 0.661. The second-order valence-corrected chi connectivity index (χ2v) is 8.01. The number of nitrogens with zero attached hydrogens (tertiary/aromatic N) is 3. The highest BCUT2D eigenvalue weighted by atomic mass is 35.5. The zero-order valence-electron chi connectivity index (χ0n) is 14.7. The number of benzene rings is 1. The first kappa shape index (κ1) is 18.5. The summed E-state index contributed by atoms with van der Waals surface area (Å²) in [5.74, 6) is 1.25. The molecule has 0 aliphatic carbocycles. The van der Waals surface area contributed by atoms with Crippen molar-refractivity contribution >= 4 is 29.3 Å². The highest BCUT2D eigenvalue weighted by Crippen LogP contribution is 2.31. The Morgan fingerprint density at radius 3 is 2.65 bits per heavy atom. The fourth-order valence-corrected chi connectivity index (χ4v) is 3.33. The molecule has 136 valence electrons. The molecular formula is C18H19ClN4O2S. The third-order valence-corrected chi connectivity index (χ3v) is 4.56. The highest BCUT2D eigenvalue weighted by Gasteiger charge is 2.21. The van der Waals surface area contributed by atoms with Gasteiger partial charge in [-0.05, 0) is 45.0 Å². The molecule has 3 rings (SSSR count). The van der Waals surface area contributed by atoms with E-state index in [1.54, 1.807) is 29.0 Å². The van der Waals surface area contributed by atoms with E-state index in [4.69, 9.17) is 16.0 Å². The van der Waals surface area contributed by atoms with Gasteiger partial charge in [-0.1, -0.05) is 35.5 Å². The maximum Gasteiger partial charge on any atom is 0.230 e. The zero-order valence-corrected chi connectivity index (χ0v) is 16.3. The maximum atomic E-state index is 12.1. The van der Waals surface area contributed by atoms with Gasteiger partial charge in [0, 0.05) is 5.54 Å². The molecule has 0 aliphatic heterocycles. The van der Waals surface area contributed by atoms with E-state index in [9.17, 15) is 4.79 Å². The smallest absolute Gasteiger partial charge is 0.230 e. The number of amides is 1. The summed E-state index contributed by atoms with van der Waals surface area (Å²) in [5, 5.41) is 12.5. The Kier molecular flexibility index (Phi) is 5.38. The molecule has 2 heterocycles. The van der Waals surface area contributed by atoms with Gasteiger partial charge in [-0.25, -0.2) is 0 Å². The third-order valence-electron chi connectivity index (χ3n) is 3.32. The summed E-state index contributed by atoms with van der Waals surface area (Å²) in [4.78, 5) is 12.1. The Balaban J connectivity index is 1.94. The molecule has 2 aromatic heterocycles. The van der Waals surface area contributed by atoms with Crippen LogP contribution in [0.15, 0.2) is 52.2 Å². The lowest BCUT2D eigenvalue weighted by molar-refractivity contribution is -0.119. The Hall–Kier alpha value is -2.25. The van der Waals surface area contributed by atoms with Crippen LogP contribution in [0.4, 0.5) is 0 Å². The van der Waals surface area contributed by atoms with Crippen LogP contribution in [0.25, 0.3) is 17.3 Å². The van der Waals surface area contributed by atoms with Crippen LogP contribution in [0.1, 0.15) is 20.8 Å². The predicted molar refractivity (Wildman–Crippen MR) is 103 cm³/mol. The van der Waals surface area contributed by atoms with E-state index in [-0.39, 0.29) is 17.2 Å². The molecule has 0 fully saturated rings. The fourth-order valence-electron chi connectivity index (χ4n) is 2.36. The summed E-state index contributed by atoms with van der Waals surface area (Å²) in [6, 6.07) is 11.0. The molecule has 0 saturated heterocycles. The number of hydrogen-bond donors (Lipinski definition) is 1. The molecule has 3 aromatic rings. The van der Waals surface area contributed by atoms with E-state index < -0.39 is 0 Å². The minimum atomic E-state index is -0.284. The van der Waals surface area contributed by atoms with Crippen molar-refractivity contribution in [1.82, 2.24) is 20.1 Å². The van der Waals surface area contributed by atoms with E-state index >= 15 is 0 Å². The van der Waals surface area contributed by atoms with Gasteiger partial charge in [0.05, 0.1) is 22.7 Å². The van der Waals surface area contributed by atoms with Crippen LogP contribution in [-0.4, -0.2) is 32.0 Å². The summed E-state index contributed by atoms with van der Waals surface area (Å²) in [5.41, 5.74) is 0.442. The molecule has 8 heteroatoms.